The fraction of sp³-hybridized carbons (Fsp3) is 0.333. The maximum atomic E-state index is 5.97. The fourth-order valence-corrected chi connectivity index (χ4v) is 2.79. The summed E-state index contributed by atoms with van der Waals surface area (Å²) in [4.78, 5) is 1.13. The molecule has 102 valence electrons. The molecule has 0 aliphatic heterocycles. The topological polar surface area (TPSA) is 35.2 Å². The van der Waals surface area contributed by atoms with Gasteiger partial charge in [-0.05, 0) is 42.7 Å². The summed E-state index contributed by atoms with van der Waals surface area (Å²) >= 11 is 7.44. The number of halogens is 1. The fourth-order valence-electron chi connectivity index (χ4n) is 1.79. The van der Waals surface area contributed by atoms with Crippen molar-refractivity contribution in [3.63, 3.8) is 0 Å². The molecule has 1 aromatic heterocycles. The Labute approximate surface area is 123 Å². The molecule has 0 aliphatic carbocycles. The Hall–Kier alpha value is -1.03. The van der Waals surface area contributed by atoms with Crippen molar-refractivity contribution in [2.45, 2.75) is 32.4 Å². The van der Waals surface area contributed by atoms with Gasteiger partial charge in [-0.15, -0.1) is 11.3 Å². The van der Waals surface area contributed by atoms with E-state index in [1.165, 1.54) is 5.56 Å². The maximum Gasteiger partial charge on any atom is 0.122 e. The van der Waals surface area contributed by atoms with Crippen molar-refractivity contribution < 1.29 is 4.74 Å². The number of rotatable bonds is 6. The minimum Gasteiger partial charge on any atom is -0.488 e. The Morgan fingerprint density at radius 3 is 2.84 bits per heavy atom. The highest BCUT2D eigenvalue weighted by atomic mass is 35.5. The summed E-state index contributed by atoms with van der Waals surface area (Å²) in [6, 6.07) is 12.2. The standard InChI is InChI=1S/C15H18ClNOS/c1-2-12(17)8-11-4-3-5-13(9-11)18-10-14-6-7-15(16)19-14/h3-7,9,12H,2,8,10,17H2,1H3. The lowest BCUT2D eigenvalue weighted by atomic mass is 10.0. The highest BCUT2D eigenvalue weighted by Gasteiger charge is 2.04. The van der Waals surface area contributed by atoms with Crippen molar-refractivity contribution in [3.05, 3.63) is 51.2 Å². The van der Waals surface area contributed by atoms with Gasteiger partial charge < -0.3 is 10.5 Å². The van der Waals surface area contributed by atoms with Gasteiger partial charge in [0.05, 0.1) is 4.34 Å². The number of hydrogen-bond donors (Lipinski definition) is 1. The van der Waals surface area contributed by atoms with Gasteiger partial charge in [0.1, 0.15) is 12.4 Å². The molecule has 1 atom stereocenters. The Morgan fingerprint density at radius 2 is 2.16 bits per heavy atom. The number of thiophene rings is 1. The van der Waals surface area contributed by atoms with Crippen LogP contribution in [0.1, 0.15) is 23.8 Å². The van der Waals surface area contributed by atoms with Gasteiger partial charge in [-0.1, -0.05) is 30.7 Å². The minimum absolute atomic E-state index is 0.214. The lowest BCUT2D eigenvalue weighted by molar-refractivity contribution is 0.309. The highest BCUT2D eigenvalue weighted by Crippen LogP contribution is 2.23. The van der Waals surface area contributed by atoms with Crippen LogP contribution >= 0.6 is 22.9 Å². The summed E-state index contributed by atoms with van der Waals surface area (Å²) in [7, 11) is 0. The van der Waals surface area contributed by atoms with Crippen molar-refractivity contribution in [1.29, 1.82) is 0 Å². The maximum absolute atomic E-state index is 5.97. The first-order valence-corrected chi connectivity index (χ1v) is 7.58. The molecule has 1 aromatic carbocycles. The van der Waals surface area contributed by atoms with Gasteiger partial charge in [0.15, 0.2) is 0 Å². The van der Waals surface area contributed by atoms with Crippen molar-refractivity contribution in [1.82, 2.24) is 0 Å². The first-order chi connectivity index (χ1) is 9.17. The molecule has 19 heavy (non-hydrogen) atoms. The van der Waals surface area contributed by atoms with Crippen LogP contribution in [0.5, 0.6) is 5.75 Å². The van der Waals surface area contributed by atoms with Crippen LogP contribution in [0.4, 0.5) is 0 Å². The number of hydrogen-bond acceptors (Lipinski definition) is 3. The van der Waals surface area contributed by atoms with E-state index in [1.807, 2.05) is 24.3 Å². The van der Waals surface area contributed by atoms with Gasteiger partial charge in [-0.25, -0.2) is 0 Å². The van der Waals surface area contributed by atoms with Crippen LogP contribution < -0.4 is 10.5 Å². The predicted octanol–water partition coefficient (Wildman–Crippen LogP) is 4.26. The first kappa shape index (κ1) is 14.4. The number of ether oxygens (including phenoxy) is 1. The Morgan fingerprint density at radius 1 is 1.32 bits per heavy atom. The lowest BCUT2D eigenvalue weighted by Crippen LogP contribution is -2.21. The molecule has 4 heteroatoms. The van der Waals surface area contributed by atoms with Crippen LogP contribution in [0.2, 0.25) is 4.34 Å². The minimum atomic E-state index is 0.214. The Balaban J connectivity index is 1.95. The van der Waals surface area contributed by atoms with Crippen LogP contribution in [-0.2, 0) is 13.0 Å². The molecule has 0 aliphatic rings. The zero-order chi connectivity index (χ0) is 13.7. The second kappa shape index (κ2) is 6.94. The average Bonchev–Trinajstić information content (AvgIpc) is 2.82. The molecule has 0 bridgehead atoms. The largest absolute Gasteiger partial charge is 0.488 e. The molecule has 2 aromatic rings. The molecule has 0 fully saturated rings. The lowest BCUT2D eigenvalue weighted by Gasteiger charge is -2.10. The smallest absolute Gasteiger partial charge is 0.122 e. The molecule has 1 heterocycles. The van der Waals surface area contributed by atoms with E-state index in [0.717, 1.165) is 27.8 Å². The zero-order valence-corrected chi connectivity index (χ0v) is 12.5. The van der Waals surface area contributed by atoms with Gasteiger partial charge in [0, 0.05) is 10.9 Å². The van der Waals surface area contributed by atoms with Gasteiger partial charge >= 0.3 is 0 Å². The number of nitrogens with two attached hydrogens (primary N) is 1. The summed E-state index contributed by atoms with van der Waals surface area (Å²) in [6.07, 6.45) is 1.87. The molecule has 1 unspecified atom stereocenters. The van der Waals surface area contributed by atoms with Crippen LogP contribution in [0, 0.1) is 0 Å². The summed E-state index contributed by atoms with van der Waals surface area (Å²) in [6.45, 7) is 2.66. The normalized spacial score (nSPS) is 12.4. The van der Waals surface area contributed by atoms with Crippen molar-refractivity contribution in [3.8, 4) is 5.75 Å². The third-order valence-corrected chi connectivity index (χ3v) is 4.14. The second-order valence-corrected chi connectivity index (χ2v) is 6.31. The molecule has 2 nitrogen and oxygen atoms in total. The summed E-state index contributed by atoms with van der Waals surface area (Å²) < 4.78 is 6.57. The summed E-state index contributed by atoms with van der Waals surface area (Å²) in [5, 5.41) is 0. The van der Waals surface area contributed by atoms with Crippen LogP contribution in [0.3, 0.4) is 0 Å². The van der Waals surface area contributed by atoms with Gasteiger partial charge in [0.2, 0.25) is 0 Å². The Bertz CT molecular complexity index is 526. The van der Waals surface area contributed by atoms with E-state index >= 15 is 0 Å². The second-order valence-electron chi connectivity index (χ2n) is 4.51. The predicted molar refractivity (Wildman–Crippen MR) is 82.1 cm³/mol. The van der Waals surface area contributed by atoms with Crippen molar-refractivity contribution in [2.24, 2.45) is 5.73 Å². The van der Waals surface area contributed by atoms with Crippen LogP contribution in [0.25, 0.3) is 0 Å². The number of benzene rings is 1. The summed E-state index contributed by atoms with van der Waals surface area (Å²) in [5.41, 5.74) is 7.19. The quantitative estimate of drug-likeness (QED) is 0.864. The molecular formula is C15H18ClNOS. The molecule has 0 radical (unpaired) electrons. The van der Waals surface area contributed by atoms with Gasteiger partial charge in [0.25, 0.3) is 0 Å². The van der Waals surface area contributed by atoms with E-state index < -0.39 is 0 Å². The Kier molecular flexibility index (Phi) is 5.25. The average molecular weight is 296 g/mol. The molecule has 2 N–H and O–H groups in total. The van der Waals surface area contributed by atoms with Crippen molar-refractivity contribution in [2.75, 3.05) is 0 Å². The van der Waals surface area contributed by atoms with Gasteiger partial charge in [-0.2, -0.15) is 0 Å². The highest BCUT2D eigenvalue weighted by molar-refractivity contribution is 7.16. The van der Waals surface area contributed by atoms with E-state index in [9.17, 15) is 0 Å². The van der Waals surface area contributed by atoms with Crippen LogP contribution in [0.15, 0.2) is 36.4 Å². The molecule has 0 saturated carbocycles. The molecule has 2 rings (SSSR count). The van der Waals surface area contributed by atoms with Crippen LogP contribution in [-0.4, -0.2) is 6.04 Å². The van der Waals surface area contributed by atoms with E-state index in [-0.39, 0.29) is 6.04 Å². The molecule has 0 spiro atoms. The SMILES string of the molecule is CCC(N)Cc1cccc(OCc2ccc(Cl)s2)c1. The van der Waals surface area contributed by atoms with E-state index in [1.54, 1.807) is 11.3 Å². The monoisotopic (exact) mass is 295 g/mol. The first-order valence-electron chi connectivity index (χ1n) is 6.39. The van der Waals surface area contributed by atoms with E-state index in [2.05, 4.69) is 19.1 Å². The molecule has 0 amide bonds. The third-order valence-electron chi connectivity index (χ3n) is 2.93. The van der Waals surface area contributed by atoms with E-state index in [4.69, 9.17) is 22.1 Å². The molecular weight excluding hydrogens is 278 g/mol. The molecule has 0 saturated heterocycles. The zero-order valence-electron chi connectivity index (χ0n) is 10.9. The van der Waals surface area contributed by atoms with Crippen molar-refractivity contribution >= 4 is 22.9 Å². The van der Waals surface area contributed by atoms with Gasteiger partial charge in [-0.3, -0.25) is 0 Å². The third kappa shape index (κ3) is 4.53. The van der Waals surface area contributed by atoms with E-state index in [0.29, 0.717) is 6.61 Å². The summed E-state index contributed by atoms with van der Waals surface area (Å²) in [5.74, 6) is 0.880.